The van der Waals surface area contributed by atoms with Gasteiger partial charge in [0.25, 0.3) is 15.9 Å². The number of primary amides is 1. The van der Waals surface area contributed by atoms with Crippen LogP contribution in [0.1, 0.15) is 0 Å². The molecule has 0 saturated heterocycles. The highest BCUT2D eigenvalue weighted by molar-refractivity contribution is 7.94. The molecule has 0 spiro atoms. The van der Waals surface area contributed by atoms with Crippen LogP contribution in [0.25, 0.3) is 0 Å². The molecule has 110 valence electrons. The zero-order valence-electron chi connectivity index (χ0n) is 10.8. The minimum Gasteiger partial charge on any atom is -0.476 e. The molecule has 0 bridgehead atoms. The molecule has 1 atom stereocenters. The third-order valence-electron chi connectivity index (χ3n) is 3.09. The first-order chi connectivity index (χ1) is 10.00. The fraction of sp³-hybridized carbons (Fsp3) is 0.154. The number of carbonyl (C=O) groups is 1. The third-order valence-corrected chi connectivity index (χ3v) is 6.24. The van der Waals surface area contributed by atoms with Crippen LogP contribution in [0.15, 0.2) is 46.0 Å². The van der Waals surface area contributed by atoms with Crippen LogP contribution in [-0.4, -0.2) is 27.0 Å². The third kappa shape index (κ3) is 2.36. The maximum Gasteiger partial charge on any atom is 0.274 e. The van der Waals surface area contributed by atoms with Crippen LogP contribution in [0.4, 0.5) is 5.69 Å². The Labute approximate surface area is 125 Å². The summed E-state index contributed by atoms with van der Waals surface area (Å²) in [7, 11) is -3.73. The van der Waals surface area contributed by atoms with E-state index >= 15 is 0 Å². The highest BCUT2D eigenvalue weighted by Gasteiger charge is 2.36. The summed E-state index contributed by atoms with van der Waals surface area (Å²) in [5.41, 5.74) is 5.67. The molecule has 0 saturated carbocycles. The van der Waals surface area contributed by atoms with Gasteiger partial charge in [0, 0.05) is 0 Å². The van der Waals surface area contributed by atoms with Gasteiger partial charge < -0.3 is 10.5 Å². The summed E-state index contributed by atoms with van der Waals surface area (Å²) in [4.78, 5) is 11.4. The summed E-state index contributed by atoms with van der Waals surface area (Å²) in [5, 5.41) is 1.69. The van der Waals surface area contributed by atoms with Crippen molar-refractivity contribution in [1.82, 2.24) is 0 Å². The smallest absolute Gasteiger partial charge is 0.274 e. The van der Waals surface area contributed by atoms with E-state index in [2.05, 4.69) is 0 Å². The Morgan fingerprint density at radius 3 is 2.71 bits per heavy atom. The normalized spacial score (nSPS) is 17.9. The van der Waals surface area contributed by atoms with Gasteiger partial charge in [-0.2, -0.15) is 0 Å². The molecule has 2 aromatic rings. The van der Waals surface area contributed by atoms with E-state index < -0.39 is 22.0 Å². The van der Waals surface area contributed by atoms with E-state index in [1.165, 1.54) is 10.4 Å². The lowest BCUT2D eigenvalue weighted by molar-refractivity contribution is -0.124. The molecular formula is C13H12N2O4S2. The van der Waals surface area contributed by atoms with E-state index in [0.29, 0.717) is 11.4 Å². The van der Waals surface area contributed by atoms with Gasteiger partial charge >= 0.3 is 0 Å². The average Bonchev–Trinajstić information content (AvgIpc) is 3.00. The monoisotopic (exact) mass is 324 g/mol. The first-order valence-electron chi connectivity index (χ1n) is 6.11. The van der Waals surface area contributed by atoms with Gasteiger partial charge in [-0.3, -0.25) is 9.10 Å². The number of nitrogens with two attached hydrogens (primary N) is 1. The predicted molar refractivity (Wildman–Crippen MR) is 78.9 cm³/mol. The van der Waals surface area contributed by atoms with Crippen molar-refractivity contribution in [2.75, 3.05) is 10.8 Å². The Bertz CT molecular complexity index is 771. The molecule has 1 amide bonds. The summed E-state index contributed by atoms with van der Waals surface area (Å²) < 4.78 is 32.3. The molecule has 2 N–H and O–H groups in total. The molecule has 0 radical (unpaired) electrons. The summed E-state index contributed by atoms with van der Waals surface area (Å²) in [6, 6.07) is 9.85. The van der Waals surface area contributed by atoms with Gasteiger partial charge in [0.2, 0.25) is 0 Å². The number of nitrogens with zero attached hydrogens (tertiary/aromatic N) is 1. The van der Waals surface area contributed by atoms with Gasteiger partial charge in [0.1, 0.15) is 9.96 Å². The minimum atomic E-state index is -3.73. The number of thiophene rings is 1. The second-order valence-corrected chi connectivity index (χ2v) is 7.48. The lowest BCUT2D eigenvalue weighted by Crippen LogP contribution is -2.49. The highest BCUT2D eigenvalue weighted by Crippen LogP contribution is 2.37. The minimum absolute atomic E-state index is 0.132. The average molecular weight is 324 g/mol. The molecule has 3 rings (SSSR count). The number of hydrogen-bond donors (Lipinski definition) is 1. The van der Waals surface area contributed by atoms with Crippen molar-refractivity contribution in [3.05, 3.63) is 41.8 Å². The van der Waals surface area contributed by atoms with Gasteiger partial charge in [-0.25, -0.2) is 8.42 Å². The molecule has 2 heterocycles. The first-order valence-corrected chi connectivity index (χ1v) is 8.43. The van der Waals surface area contributed by atoms with Crippen LogP contribution in [0.2, 0.25) is 0 Å². The van der Waals surface area contributed by atoms with E-state index in [1.54, 1.807) is 35.7 Å². The van der Waals surface area contributed by atoms with Crippen LogP contribution in [-0.2, 0) is 14.8 Å². The van der Waals surface area contributed by atoms with Crippen LogP contribution >= 0.6 is 11.3 Å². The zero-order valence-corrected chi connectivity index (χ0v) is 12.4. The summed E-state index contributed by atoms with van der Waals surface area (Å²) in [6.45, 7) is -0.132. The lowest BCUT2D eigenvalue weighted by atomic mass is 10.2. The van der Waals surface area contributed by atoms with Crippen molar-refractivity contribution in [1.29, 1.82) is 0 Å². The van der Waals surface area contributed by atoms with E-state index in [-0.39, 0.29) is 10.8 Å². The number of carbonyl (C=O) groups excluding carboxylic acids is 1. The molecule has 1 aliphatic heterocycles. The van der Waals surface area contributed by atoms with Gasteiger partial charge in [-0.05, 0) is 23.6 Å². The van der Waals surface area contributed by atoms with Crippen LogP contribution in [0.5, 0.6) is 5.75 Å². The number of sulfonamides is 1. The van der Waals surface area contributed by atoms with E-state index in [1.807, 2.05) is 0 Å². The SMILES string of the molecule is NC(=O)C1CN(S(=O)(=O)c2cccs2)c2ccccc2O1. The fourth-order valence-electron chi connectivity index (χ4n) is 2.10. The van der Waals surface area contributed by atoms with Crippen molar-refractivity contribution in [2.24, 2.45) is 5.73 Å². The van der Waals surface area contributed by atoms with E-state index in [9.17, 15) is 13.2 Å². The van der Waals surface area contributed by atoms with Gasteiger partial charge in [0.05, 0.1) is 12.2 Å². The van der Waals surface area contributed by atoms with Gasteiger partial charge in [-0.1, -0.05) is 18.2 Å². The number of amides is 1. The fourth-order valence-corrected chi connectivity index (χ4v) is 4.68. The largest absolute Gasteiger partial charge is 0.476 e. The van der Waals surface area contributed by atoms with Crippen LogP contribution in [0, 0.1) is 0 Å². The Morgan fingerprint density at radius 1 is 1.29 bits per heavy atom. The number of benzene rings is 1. The molecule has 0 fully saturated rings. The van der Waals surface area contributed by atoms with Crippen molar-refractivity contribution < 1.29 is 17.9 Å². The number of rotatable bonds is 3. The van der Waals surface area contributed by atoms with Crippen molar-refractivity contribution >= 4 is 33.0 Å². The first kappa shape index (κ1) is 13.9. The van der Waals surface area contributed by atoms with E-state index in [4.69, 9.17) is 10.5 Å². The predicted octanol–water partition coefficient (Wildman–Crippen LogP) is 1.19. The van der Waals surface area contributed by atoms with Crippen molar-refractivity contribution in [2.45, 2.75) is 10.3 Å². The molecule has 8 heteroatoms. The summed E-state index contributed by atoms with van der Waals surface area (Å²) in [5.74, 6) is -0.372. The standard InChI is InChI=1S/C13H12N2O4S2/c14-13(16)11-8-15(9-4-1-2-5-10(9)19-11)21(17,18)12-6-3-7-20-12/h1-7,11H,8H2,(H2,14,16). The summed E-state index contributed by atoms with van der Waals surface area (Å²) in [6.07, 6.45) is -1.00. The number of fused-ring (bicyclic) bond motifs is 1. The molecule has 6 nitrogen and oxygen atoms in total. The molecule has 1 aliphatic rings. The molecule has 21 heavy (non-hydrogen) atoms. The summed E-state index contributed by atoms with van der Waals surface area (Å²) >= 11 is 1.12. The molecule has 1 aromatic carbocycles. The topological polar surface area (TPSA) is 89.7 Å². The number of anilines is 1. The maximum atomic E-state index is 12.7. The Hall–Kier alpha value is -2.06. The van der Waals surface area contributed by atoms with E-state index in [0.717, 1.165) is 11.3 Å². The number of ether oxygens (including phenoxy) is 1. The zero-order chi connectivity index (χ0) is 15.0. The Kier molecular flexibility index (Phi) is 3.34. The highest BCUT2D eigenvalue weighted by atomic mass is 32.2. The van der Waals surface area contributed by atoms with Gasteiger partial charge in [-0.15, -0.1) is 11.3 Å². The molecule has 1 unspecified atom stereocenters. The lowest BCUT2D eigenvalue weighted by Gasteiger charge is -2.33. The van der Waals surface area contributed by atoms with Crippen LogP contribution < -0.4 is 14.8 Å². The van der Waals surface area contributed by atoms with Crippen molar-refractivity contribution in [3.8, 4) is 5.75 Å². The maximum absolute atomic E-state index is 12.7. The molecular weight excluding hydrogens is 312 g/mol. The Morgan fingerprint density at radius 2 is 2.05 bits per heavy atom. The number of hydrogen-bond acceptors (Lipinski definition) is 5. The quantitative estimate of drug-likeness (QED) is 0.918. The van der Waals surface area contributed by atoms with Gasteiger partial charge in [0.15, 0.2) is 6.10 Å². The molecule has 0 aliphatic carbocycles. The van der Waals surface area contributed by atoms with Crippen LogP contribution in [0.3, 0.4) is 0 Å². The molecule has 1 aromatic heterocycles. The Balaban J connectivity index is 2.11. The number of para-hydroxylation sites is 2. The van der Waals surface area contributed by atoms with Crippen molar-refractivity contribution in [3.63, 3.8) is 0 Å². The second-order valence-electron chi connectivity index (χ2n) is 4.44. The second kappa shape index (κ2) is 5.05.